The molecule has 0 aliphatic rings. The van der Waals surface area contributed by atoms with E-state index in [-0.39, 0.29) is 32.0 Å². The van der Waals surface area contributed by atoms with E-state index in [0.29, 0.717) is 17.4 Å². The fraction of sp³-hybridized carbons (Fsp3) is 0.778. The van der Waals surface area contributed by atoms with E-state index in [0.717, 1.165) is 83.5 Å². The number of hydrogen-bond acceptors (Lipinski definition) is 7. The molecule has 0 aromatic rings. The second-order valence-electron chi connectivity index (χ2n) is 21.4. The lowest BCUT2D eigenvalue weighted by atomic mass is 10.0. The van der Waals surface area contributed by atoms with E-state index in [1.54, 1.807) is 0 Å². The molecule has 1 N–H and O–H groups in total. The zero-order chi connectivity index (χ0) is 53.5. The van der Waals surface area contributed by atoms with Gasteiger partial charge in [-0.05, 0) is 83.5 Å². The van der Waals surface area contributed by atoms with E-state index < -0.39 is 26.5 Å². The quantitative estimate of drug-likeness (QED) is 0.0211. The van der Waals surface area contributed by atoms with E-state index in [1.807, 2.05) is 21.1 Å². The largest absolute Gasteiger partial charge is 0.472 e. The van der Waals surface area contributed by atoms with Crippen LogP contribution in [0.5, 0.6) is 0 Å². The molecule has 2 atom stereocenters. The van der Waals surface area contributed by atoms with Crippen molar-refractivity contribution in [3.8, 4) is 0 Å². The van der Waals surface area contributed by atoms with Crippen LogP contribution < -0.4 is 0 Å². The Morgan fingerprint density at radius 2 is 0.781 bits per heavy atom. The first kappa shape index (κ1) is 70.5. The van der Waals surface area contributed by atoms with Crippen molar-refractivity contribution in [2.24, 2.45) is 0 Å². The number of esters is 2. The molecule has 0 amide bonds. The maximum absolute atomic E-state index is 12.8. The van der Waals surface area contributed by atoms with Gasteiger partial charge in [-0.3, -0.25) is 18.6 Å². The number of hydrogen-bond donors (Lipinski definition) is 1. The summed E-state index contributed by atoms with van der Waals surface area (Å²) < 4.78 is 34.5. The number of nitrogens with zero attached hydrogens (tertiary/aromatic N) is 1. The van der Waals surface area contributed by atoms with Crippen molar-refractivity contribution in [1.29, 1.82) is 0 Å². The first-order valence-electron chi connectivity index (χ1n) is 30.2. The Balaban J connectivity index is 3.93. The molecule has 2 unspecified atom stereocenters. The van der Waals surface area contributed by atoms with Gasteiger partial charge in [0.1, 0.15) is 19.8 Å². The molecule has 0 rings (SSSR count). The summed E-state index contributed by atoms with van der Waals surface area (Å²) in [4.78, 5) is 35.6. The number of carbonyl (C=O) groups is 2. The van der Waals surface area contributed by atoms with Crippen molar-refractivity contribution in [1.82, 2.24) is 0 Å². The van der Waals surface area contributed by atoms with Gasteiger partial charge in [0.15, 0.2) is 6.10 Å². The summed E-state index contributed by atoms with van der Waals surface area (Å²) in [6.45, 7) is 4.30. The normalized spacial score (nSPS) is 13.8. The molecule has 0 aromatic heterocycles. The molecule has 0 saturated carbocycles. The maximum atomic E-state index is 12.8. The van der Waals surface area contributed by atoms with Crippen molar-refractivity contribution in [2.45, 2.75) is 270 Å². The lowest BCUT2D eigenvalue weighted by Gasteiger charge is -2.24. The van der Waals surface area contributed by atoms with E-state index >= 15 is 0 Å². The number of unbranched alkanes of at least 4 members (excludes halogenated alkanes) is 29. The molecule has 0 radical (unpaired) electrons. The molecule has 0 aliphatic carbocycles. The summed E-state index contributed by atoms with van der Waals surface area (Å²) in [6, 6.07) is 0. The van der Waals surface area contributed by atoms with Gasteiger partial charge in [0, 0.05) is 12.8 Å². The highest BCUT2D eigenvalue weighted by Gasteiger charge is 2.27. The monoisotopic (exact) mass is 1040 g/mol. The smallest absolute Gasteiger partial charge is 0.462 e. The number of rotatable bonds is 55. The van der Waals surface area contributed by atoms with Crippen molar-refractivity contribution in [2.75, 3.05) is 47.5 Å². The summed E-state index contributed by atoms with van der Waals surface area (Å²) >= 11 is 0. The van der Waals surface area contributed by atoms with E-state index in [2.05, 4.69) is 86.8 Å². The number of allylic oxidation sites excluding steroid dienone is 12. The van der Waals surface area contributed by atoms with Crippen molar-refractivity contribution in [3.63, 3.8) is 0 Å². The van der Waals surface area contributed by atoms with Crippen LogP contribution in [0.25, 0.3) is 0 Å². The van der Waals surface area contributed by atoms with Crippen LogP contribution >= 0.6 is 7.82 Å². The molecular weight excluding hydrogens is 930 g/mol. The Morgan fingerprint density at radius 1 is 0.438 bits per heavy atom. The zero-order valence-electron chi connectivity index (χ0n) is 48.1. The van der Waals surface area contributed by atoms with Crippen LogP contribution in [0.1, 0.15) is 264 Å². The van der Waals surface area contributed by atoms with E-state index in [4.69, 9.17) is 18.5 Å². The average Bonchev–Trinajstić information content (AvgIpc) is 3.35. The average molecular weight is 1050 g/mol. The number of ether oxygens (including phenoxy) is 2. The van der Waals surface area contributed by atoms with Gasteiger partial charge in [-0.25, -0.2) is 4.57 Å². The van der Waals surface area contributed by atoms with E-state index in [9.17, 15) is 19.0 Å². The summed E-state index contributed by atoms with van der Waals surface area (Å²) in [5, 5.41) is 0. The molecule has 10 heteroatoms. The van der Waals surface area contributed by atoms with Gasteiger partial charge in [0.05, 0.1) is 27.7 Å². The first-order chi connectivity index (χ1) is 35.5. The lowest BCUT2D eigenvalue weighted by Crippen LogP contribution is -2.37. The SMILES string of the molecule is CC/C=C\C/C=C\C/C=C\C/C=C\C/C=C\CCCCCCCCCCCCCCCCCCCCCCCC(=O)OC(COC(=O)CCCCCCC/C=C\CCCCC)COP(=O)(O)OCC[N+](C)(C)C. The molecular formula is C63H115NO8P+. The number of phosphoric ester groups is 1. The third-order valence-electron chi connectivity index (χ3n) is 13.0. The fourth-order valence-electron chi connectivity index (χ4n) is 8.33. The molecule has 0 saturated heterocycles. The fourth-order valence-corrected chi connectivity index (χ4v) is 9.07. The van der Waals surface area contributed by atoms with Gasteiger partial charge in [-0.2, -0.15) is 0 Å². The second kappa shape index (κ2) is 54.2. The Bertz CT molecular complexity index is 1460. The predicted octanol–water partition coefficient (Wildman–Crippen LogP) is 18.9. The Hall–Kier alpha value is -2.55. The third kappa shape index (κ3) is 58.6. The standard InChI is InChI=1S/C63H114NO8P/c1-6-8-10-12-14-16-18-20-21-22-23-24-25-26-27-28-29-30-31-32-33-34-35-36-37-38-39-40-41-42-43-44-46-48-50-52-54-56-63(66)72-61(60-71-73(67,68)70-58-57-64(3,4)5)59-69-62(65)55-53-51-49-47-45-19-17-15-13-11-9-7-2/h8,10,14-17,20-21,23-24,26-27,61H,6-7,9,11-13,18-19,22,25,28-60H2,1-5H3/p+1/b10-8-,16-14-,17-15-,21-20-,24-23-,27-26-. The maximum Gasteiger partial charge on any atom is 0.472 e. The minimum absolute atomic E-state index is 0.0305. The van der Waals surface area contributed by atoms with Crippen LogP contribution in [0, 0.1) is 0 Å². The number of carbonyl (C=O) groups excluding carboxylic acids is 2. The third-order valence-corrected chi connectivity index (χ3v) is 14.0. The molecule has 0 heterocycles. The van der Waals surface area contributed by atoms with Gasteiger partial charge in [-0.15, -0.1) is 0 Å². The van der Waals surface area contributed by atoms with Gasteiger partial charge in [0.2, 0.25) is 0 Å². The van der Waals surface area contributed by atoms with Crippen molar-refractivity contribution >= 4 is 19.8 Å². The molecule has 73 heavy (non-hydrogen) atoms. The van der Waals surface area contributed by atoms with Crippen LogP contribution in [-0.2, 0) is 32.7 Å². The van der Waals surface area contributed by atoms with E-state index in [1.165, 1.54) is 148 Å². The minimum Gasteiger partial charge on any atom is -0.462 e. The molecule has 0 bridgehead atoms. The molecule has 0 spiro atoms. The molecule has 424 valence electrons. The van der Waals surface area contributed by atoms with Gasteiger partial charge < -0.3 is 18.9 Å². The van der Waals surface area contributed by atoms with Crippen molar-refractivity contribution in [3.05, 3.63) is 72.9 Å². The first-order valence-corrected chi connectivity index (χ1v) is 31.7. The summed E-state index contributed by atoms with van der Waals surface area (Å²) in [5.74, 6) is -0.801. The van der Waals surface area contributed by atoms with Crippen LogP contribution in [0.2, 0.25) is 0 Å². The second-order valence-corrected chi connectivity index (χ2v) is 22.8. The van der Waals surface area contributed by atoms with Crippen LogP contribution in [0.15, 0.2) is 72.9 Å². The molecule has 0 aromatic carbocycles. The number of phosphoric acid groups is 1. The van der Waals surface area contributed by atoms with Gasteiger partial charge in [-0.1, -0.05) is 241 Å². The highest BCUT2D eigenvalue weighted by Crippen LogP contribution is 2.43. The van der Waals surface area contributed by atoms with Gasteiger partial charge in [0.25, 0.3) is 0 Å². The van der Waals surface area contributed by atoms with Gasteiger partial charge >= 0.3 is 19.8 Å². The highest BCUT2D eigenvalue weighted by atomic mass is 31.2. The molecule has 9 nitrogen and oxygen atoms in total. The Labute approximate surface area is 450 Å². The summed E-state index contributed by atoms with van der Waals surface area (Å²) in [6.07, 6.45) is 71.4. The Kier molecular flexibility index (Phi) is 52.4. The summed E-state index contributed by atoms with van der Waals surface area (Å²) in [5.41, 5.74) is 0. The highest BCUT2D eigenvalue weighted by molar-refractivity contribution is 7.47. The van der Waals surface area contributed by atoms with Crippen molar-refractivity contribution < 1.29 is 42.1 Å². The lowest BCUT2D eigenvalue weighted by molar-refractivity contribution is -0.870. The summed E-state index contributed by atoms with van der Waals surface area (Å²) in [7, 11) is 1.48. The predicted molar refractivity (Wildman–Crippen MR) is 312 cm³/mol. The Morgan fingerprint density at radius 3 is 1.18 bits per heavy atom. The number of likely N-dealkylation sites (N-methyl/N-ethyl adjacent to an activating group) is 1. The zero-order valence-corrected chi connectivity index (χ0v) is 49.0. The van der Waals surface area contributed by atoms with Crippen LogP contribution in [0.3, 0.4) is 0 Å². The number of quaternary nitrogens is 1. The van der Waals surface area contributed by atoms with Crippen LogP contribution in [0.4, 0.5) is 0 Å². The topological polar surface area (TPSA) is 108 Å². The molecule has 0 fully saturated rings. The van der Waals surface area contributed by atoms with Crippen LogP contribution in [-0.4, -0.2) is 74.9 Å². The molecule has 0 aliphatic heterocycles. The minimum atomic E-state index is -4.38.